The van der Waals surface area contributed by atoms with Crippen molar-refractivity contribution >= 4 is 5.69 Å². The molecule has 0 spiro atoms. The summed E-state index contributed by atoms with van der Waals surface area (Å²) < 4.78 is 5.49. The fourth-order valence-electron chi connectivity index (χ4n) is 1.69. The van der Waals surface area contributed by atoms with Crippen LogP contribution in [0.2, 0.25) is 0 Å². The summed E-state index contributed by atoms with van der Waals surface area (Å²) in [6.07, 6.45) is 2.85. The van der Waals surface area contributed by atoms with Crippen molar-refractivity contribution in [2.24, 2.45) is 5.92 Å². The summed E-state index contributed by atoms with van der Waals surface area (Å²) >= 11 is 0. The number of anilines is 1. The van der Waals surface area contributed by atoms with Crippen LogP contribution in [0.25, 0.3) is 0 Å². The number of rotatable bonds is 6. The standard InChI is InChI=1S/C13H22N2O/c1-5-11(10(3)4)15-12-8-7-9-14-13(12)16-6-2/h7-11,15H,5-6H2,1-4H3. The first kappa shape index (κ1) is 12.8. The van der Waals surface area contributed by atoms with E-state index in [-0.39, 0.29) is 0 Å². The van der Waals surface area contributed by atoms with Crippen LogP contribution in [-0.2, 0) is 0 Å². The van der Waals surface area contributed by atoms with Gasteiger partial charge in [-0.3, -0.25) is 0 Å². The van der Waals surface area contributed by atoms with Gasteiger partial charge in [0.05, 0.1) is 12.3 Å². The van der Waals surface area contributed by atoms with Crippen molar-refractivity contribution in [3.8, 4) is 5.88 Å². The zero-order valence-electron chi connectivity index (χ0n) is 10.7. The summed E-state index contributed by atoms with van der Waals surface area (Å²) in [6, 6.07) is 4.41. The Bertz CT molecular complexity index is 313. The van der Waals surface area contributed by atoms with Crippen molar-refractivity contribution in [1.29, 1.82) is 0 Å². The number of nitrogens with zero attached hydrogens (tertiary/aromatic N) is 1. The van der Waals surface area contributed by atoms with Crippen LogP contribution < -0.4 is 10.1 Å². The van der Waals surface area contributed by atoms with Gasteiger partial charge in [0.25, 0.3) is 0 Å². The molecule has 0 aliphatic rings. The van der Waals surface area contributed by atoms with Crippen molar-refractivity contribution in [3.63, 3.8) is 0 Å². The largest absolute Gasteiger partial charge is 0.476 e. The van der Waals surface area contributed by atoms with Crippen LogP contribution in [0.15, 0.2) is 18.3 Å². The Morgan fingerprint density at radius 1 is 1.38 bits per heavy atom. The predicted octanol–water partition coefficient (Wildman–Crippen LogP) is 3.33. The van der Waals surface area contributed by atoms with Gasteiger partial charge in [-0.25, -0.2) is 4.98 Å². The molecule has 16 heavy (non-hydrogen) atoms. The van der Waals surface area contributed by atoms with Crippen LogP contribution in [0.3, 0.4) is 0 Å². The molecule has 1 aromatic heterocycles. The first-order chi connectivity index (χ1) is 7.69. The molecule has 90 valence electrons. The minimum absolute atomic E-state index is 0.461. The molecule has 3 nitrogen and oxygen atoms in total. The van der Waals surface area contributed by atoms with Gasteiger partial charge < -0.3 is 10.1 Å². The van der Waals surface area contributed by atoms with Crippen molar-refractivity contribution in [2.45, 2.75) is 40.2 Å². The average Bonchev–Trinajstić information content (AvgIpc) is 2.27. The molecule has 0 saturated carbocycles. The Kier molecular flexibility index (Phi) is 5.09. The van der Waals surface area contributed by atoms with Gasteiger partial charge in [-0.05, 0) is 31.4 Å². The second-order valence-electron chi connectivity index (χ2n) is 4.19. The van der Waals surface area contributed by atoms with E-state index in [1.54, 1.807) is 6.20 Å². The van der Waals surface area contributed by atoms with Crippen molar-refractivity contribution in [2.75, 3.05) is 11.9 Å². The molecular formula is C13H22N2O. The van der Waals surface area contributed by atoms with E-state index in [9.17, 15) is 0 Å². The van der Waals surface area contributed by atoms with E-state index in [0.29, 0.717) is 24.4 Å². The minimum atomic E-state index is 0.461. The SMILES string of the molecule is CCOc1ncccc1NC(CC)C(C)C. The molecule has 0 bridgehead atoms. The summed E-state index contributed by atoms with van der Waals surface area (Å²) in [5.41, 5.74) is 0.991. The number of hydrogen-bond donors (Lipinski definition) is 1. The number of nitrogens with one attached hydrogen (secondary N) is 1. The monoisotopic (exact) mass is 222 g/mol. The maximum atomic E-state index is 5.49. The average molecular weight is 222 g/mol. The van der Waals surface area contributed by atoms with Gasteiger partial charge in [-0.2, -0.15) is 0 Å². The number of aromatic nitrogens is 1. The van der Waals surface area contributed by atoms with Crippen molar-refractivity contribution in [3.05, 3.63) is 18.3 Å². The van der Waals surface area contributed by atoms with Gasteiger partial charge in [0, 0.05) is 12.2 Å². The third-order valence-electron chi connectivity index (χ3n) is 2.64. The van der Waals surface area contributed by atoms with Gasteiger partial charge in [-0.1, -0.05) is 20.8 Å². The maximum absolute atomic E-state index is 5.49. The lowest BCUT2D eigenvalue weighted by atomic mass is 10.0. The Morgan fingerprint density at radius 3 is 2.69 bits per heavy atom. The molecule has 1 atom stereocenters. The lowest BCUT2D eigenvalue weighted by Gasteiger charge is -2.22. The van der Waals surface area contributed by atoms with Gasteiger partial charge >= 0.3 is 0 Å². The van der Waals surface area contributed by atoms with E-state index >= 15 is 0 Å². The molecule has 0 amide bonds. The zero-order chi connectivity index (χ0) is 12.0. The van der Waals surface area contributed by atoms with Crippen LogP contribution in [-0.4, -0.2) is 17.6 Å². The normalized spacial score (nSPS) is 12.6. The van der Waals surface area contributed by atoms with E-state index in [0.717, 1.165) is 12.1 Å². The fraction of sp³-hybridized carbons (Fsp3) is 0.615. The second kappa shape index (κ2) is 6.36. The molecule has 0 saturated heterocycles. The van der Waals surface area contributed by atoms with Crippen LogP contribution in [0, 0.1) is 5.92 Å². The van der Waals surface area contributed by atoms with Crippen LogP contribution in [0.1, 0.15) is 34.1 Å². The van der Waals surface area contributed by atoms with Crippen molar-refractivity contribution < 1.29 is 4.74 Å². The summed E-state index contributed by atoms with van der Waals surface area (Å²) in [4.78, 5) is 4.23. The van der Waals surface area contributed by atoms with E-state index in [1.807, 2.05) is 19.1 Å². The second-order valence-corrected chi connectivity index (χ2v) is 4.19. The van der Waals surface area contributed by atoms with Crippen LogP contribution in [0.5, 0.6) is 5.88 Å². The van der Waals surface area contributed by atoms with Gasteiger partial charge in [0.2, 0.25) is 5.88 Å². The molecule has 1 unspecified atom stereocenters. The molecule has 1 rings (SSSR count). The Labute approximate surface area is 98.2 Å². The Hall–Kier alpha value is -1.25. The van der Waals surface area contributed by atoms with Gasteiger partial charge in [0.15, 0.2) is 0 Å². The van der Waals surface area contributed by atoms with Crippen LogP contribution >= 0.6 is 0 Å². The highest BCUT2D eigenvalue weighted by atomic mass is 16.5. The third kappa shape index (κ3) is 3.40. The van der Waals surface area contributed by atoms with Crippen LogP contribution in [0.4, 0.5) is 5.69 Å². The quantitative estimate of drug-likeness (QED) is 0.801. The molecule has 1 heterocycles. The highest BCUT2D eigenvalue weighted by Crippen LogP contribution is 2.23. The molecule has 0 aromatic carbocycles. The highest BCUT2D eigenvalue weighted by molar-refractivity contribution is 5.52. The smallest absolute Gasteiger partial charge is 0.237 e. The lowest BCUT2D eigenvalue weighted by molar-refractivity contribution is 0.327. The molecule has 0 aliphatic carbocycles. The van der Waals surface area contributed by atoms with E-state index in [2.05, 4.69) is 31.1 Å². The van der Waals surface area contributed by atoms with Gasteiger partial charge in [0.1, 0.15) is 0 Å². The Balaban J connectivity index is 2.78. The molecule has 0 radical (unpaired) electrons. The first-order valence-corrected chi connectivity index (χ1v) is 6.03. The summed E-state index contributed by atoms with van der Waals surface area (Å²) in [6.45, 7) is 9.24. The summed E-state index contributed by atoms with van der Waals surface area (Å²) in [7, 11) is 0. The highest BCUT2D eigenvalue weighted by Gasteiger charge is 2.13. The topological polar surface area (TPSA) is 34.1 Å². The van der Waals surface area contributed by atoms with E-state index in [4.69, 9.17) is 4.74 Å². The molecule has 1 N–H and O–H groups in total. The zero-order valence-corrected chi connectivity index (χ0v) is 10.7. The first-order valence-electron chi connectivity index (χ1n) is 6.03. The molecule has 0 fully saturated rings. The lowest BCUT2D eigenvalue weighted by Crippen LogP contribution is -2.25. The maximum Gasteiger partial charge on any atom is 0.237 e. The van der Waals surface area contributed by atoms with E-state index < -0.39 is 0 Å². The summed E-state index contributed by atoms with van der Waals surface area (Å²) in [5.74, 6) is 1.30. The summed E-state index contributed by atoms with van der Waals surface area (Å²) in [5, 5.41) is 3.49. The molecule has 1 aromatic rings. The third-order valence-corrected chi connectivity index (χ3v) is 2.64. The minimum Gasteiger partial charge on any atom is -0.476 e. The number of hydrogen-bond acceptors (Lipinski definition) is 3. The number of ether oxygens (including phenoxy) is 1. The molecule has 0 aliphatic heterocycles. The Morgan fingerprint density at radius 2 is 2.12 bits per heavy atom. The fourth-order valence-corrected chi connectivity index (χ4v) is 1.69. The van der Waals surface area contributed by atoms with E-state index in [1.165, 1.54) is 0 Å². The molecule has 3 heteroatoms. The van der Waals surface area contributed by atoms with Gasteiger partial charge in [-0.15, -0.1) is 0 Å². The molecular weight excluding hydrogens is 200 g/mol. The number of pyridine rings is 1. The predicted molar refractivity (Wildman–Crippen MR) is 67.9 cm³/mol. The van der Waals surface area contributed by atoms with Crippen molar-refractivity contribution in [1.82, 2.24) is 4.98 Å².